The molecule has 1 atom stereocenters. The van der Waals surface area contributed by atoms with E-state index in [1.165, 1.54) is 18.4 Å². The number of carbonyl (C=O) groups is 1. The lowest BCUT2D eigenvalue weighted by Crippen LogP contribution is -2.41. The summed E-state index contributed by atoms with van der Waals surface area (Å²) in [5.74, 6) is 2.38. The number of benzene rings is 5. The maximum atomic E-state index is 12.0. The zero-order valence-corrected chi connectivity index (χ0v) is 28.7. The number of aryl methyl sites for hydroxylation is 1. The fourth-order valence-electron chi connectivity index (χ4n) is 6.85. The highest BCUT2D eigenvalue weighted by Crippen LogP contribution is 2.37. The van der Waals surface area contributed by atoms with Gasteiger partial charge in [-0.05, 0) is 102 Å². The number of hydrogen-bond donors (Lipinski definition) is 0. The smallest absolute Gasteiger partial charge is 0.209 e. The number of likely N-dealkylation sites (tertiary alicyclic amines) is 1. The van der Waals surface area contributed by atoms with Crippen molar-refractivity contribution in [1.82, 2.24) is 9.47 Å². The average Bonchev–Trinajstić information content (AvgIpc) is 3.30. The molecule has 1 fully saturated rings. The fourth-order valence-corrected chi connectivity index (χ4v) is 6.85. The van der Waals surface area contributed by atoms with Crippen molar-refractivity contribution in [3.8, 4) is 28.5 Å². The number of rotatable bonds is 13. The molecule has 6 aromatic rings. The van der Waals surface area contributed by atoms with Crippen molar-refractivity contribution in [1.29, 1.82) is 0 Å². The van der Waals surface area contributed by atoms with Crippen LogP contribution in [0.15, 0.2) is 127 Å². The van der Waals surface area contributed by atoms with Crippen LogP contribution < -0.4 is 14.2 Å². The summed E-state index contributed by atoms with van der Waals surface area (Å²) in [6, 6.07) is 43.4. The van der Waals surface area contributed by atoms with Crippen LogP contribution in [0.25, 0.3) is 22.2 Å². The molecule has 0 aliphatic carbocycles. The summed E-state index contributed by atoms with van der Waals surface area (Å²) < 4.78 is 20.9. The van der Waals surface area contributed by atoms with E-state index in [9.17, 15) is 4.79 Å². The second kappa shape index (κ2) is 15.9. The quantitative estimate of drug-likeness (QED) is 0.115. The van der Waals surface area contributed by atoms with E-state index in [-0.39, 0.29) is 0 Å². The van der Waals surface area contributed by atoms with Crippen LogP contribution in [0.2, 0.25) is 0 Å². The van der Waals surface area contributed by atoms with Gasteiger partial charge in [-0.1, -0.05) is 85.6 Å². The monoisotopic (exact) mass is 664 g/mol. The summed E-state index contributed by atoms with van der Waals surface area (Å²) in [7, 11) is 0. The van der Waals surface area contributed by atoms with Gasteiger partial charge in [0, 0.05) is 30.5 Å². The Morgan fingerprint density at radius 2 is 1.22 bits per heavy atom. The minimum atomic E-state index is -0.556. The minimum absolute atomic E-state index is 0.514. The van der Waals surface area contributed by atoms with Gasteiger partial charge in [-0.15, -0.1) is 0 Å². The summed E-state index contributed by atoms with van der Waals surface area (Å²) >= 11 is 0. The number of carbonyl (C=O) groups excluding carboxylic acids is 1. The SMILES string of the molecule is Cc1c(-c2ccc(OCc3ccccc3)cc2)n(Cc2ccc(OC(C=O)N3CCCCCC3)cc2)c2ccc(OCc3ccccc3)cc12. The molecule has 6 nitrogen and oxygen atoms in total. The van der Waals surface area contributed by atoms with E-state index in [0.29, 0.717) is 25.5 Å². The number of hydrogen-bond acceptors (Lipinski definition) is 5. The number of aldehydes is 1. The lowest BCUT2D eigenvalue weighted by atomic mass is 10.1. The highest BCUT2D eigenvalue weighted by Gasteiger charge is 2.21. The highest BCUT2D eigenvalue weighted by atomic mass is 16.5. The zero-order valence-electron chi connectivity index (χ0n) is 28.7. The van der Waals surface area contributed by atoms with Crippen LogP contribution in [-0.2, 0) is 24.6 Å². The van der Waals surface area contributed by atoms with Crippen molar-refractivity contribution in [3.63, 3.8) is 0 Å². The second-order valence-corrected chi connectivity index (χ2v) is 13.1. The molecule has 1 unspecified atom stereocenters. The Morgan fingerprint density at radius 3 is 1.84 bits per heavy atom. The molecular weight excluding hydrogens is 620 g/mol. The van der Waals surface area contributed by atoms with E-state index in [1.54, 1.807) is 0 Å². The molecule has 1 aliphatic heterocycles. The molecule has 6 heteroatoms. The fraction of sp³-hybridized carbons (Fsp3) is 0.250. The van der Waals surface area contributed by atoms with E-state index in [0.717, 1.165) is 82.6 Å². The van der Waals surface area contributed by atoms with Crippen molar-refractivity contribution in [2.75, 3.05) is 13.1 Å². The molecule has 50 heavy (non-hydrogen) atoms. The van der Waals surface area contributed by atoms with Gasteiger partial charge in [-0.2, -0.15) is 0 Å². The summed E-state index contributed by atoms with van der Waals surface area (Å²) in [6.45, 7) is 5.68. The third-order valence-electron chi connectivity index (χ3n) is 9.55. The van der Waals surface area contributed by atoms with Gasteiger partial charge >= 0.3 is 0 Å². The minimum Gasteiger partial charge on any atom is -0.489 e. The van der Waals surface area contributed by atoms with E-state index >= 15 is 0 Å². The normalized spacial score (nSPS) is 14.2. The Balaban J connectivity index is 1.15. The molecule has 0 bridgehead atoms. The van der Waals surface area contributed by atoms with Crippen molar-refractivity contribution in [2.24, 2.45) is 0 Å². The van der Waals surface area contributed by atoms with E-state index in [2.05, 4.69) is 83.1 Å². The number of aromatic nitrogens is 1. The van der Waals surface area contributed by atoms with Gasteiger partial charge in [-0.3, -0.25) is 9.69 Å². The molecule has 0 amide bonds. The molecule has 1 saturated heterocycles. The first-order chi connectivity index (χ1) is 24.6. The summed E-state index contributed by atoms with van der Waals surface area (Å²) in [5, 5.41) is 1.15. The van der Waals surface area contributed by atoms with E-state index in [1.807, 2.05) is 60.7 Å². The van der Waals surface area contributed by atoms with E-state index in [4.69, 9.17) is 14.2 Å². The van der Waals surface area contributed by atoms with Crippen molar-refractivity contribution in [2.45, 2.75) is 58.6 Å². The van der Waals surface area contributed by atoms with Crippen molar-refractivity contribution < 1.29 is 19.0 Å². The third-order valence-corrected chi connectivity index (χ3v) is 9.55. The van der Waals surface area contributed by atoms with Gasteiger partial charge in [-0.25, -0.2) is 0 Å². The molecule has 0 spiro atoms. The number of ether oxygens (including phenoxy) is 3. The van der Waals surface area contributed by atoms with Crippen LogP contribution in [0.1, 0.15) is 47.9 Å². The first kappa shape index (κ1) is 33.2. The van der Waals surface area contributed by atoms with Gasteiger partial charge in [0.1, 0.15) is 30.5 Å². The maximum Gasteiger partial charge on any atom is 0.209 e. The van der Waals surface area contributed by atoms with Crippen LogP contribution in [0.5, 0.6) is 17.2 Å². The van der Waals surface area contributed by atoms with Crippen LogP contribution in [0.4, 0.5) is 0 Å². The van der Waals surface area contributed by atoms with Gasteiger partial charge in [0.05, 0.1) is 5.69 Å². The first-order valence-electron chi connectivity index (χ1n) is 17.7. The molecular formula is C44H44N2O4. The Bertz CT molecular complexity index is 1980. The van der Waals surface area contributed by atoms with Crippen LogP contribution in [0, 0.1) is 6.92 Å². The molecule has 1 aliphatic rings. The molecule has 5 aromatic carbocycles. The molecule has 2 heterocycles. The summed E-state index contributed by atoms with van der Waals surface area (Å²) in [6.07, 6.45) is 4.99. The Hall–Kier alpha value is -5.33. The van der Waals surface area contributed by atoms with Crippen LogP contribution in [0.3, 0.4) is 0 Å². The Morgan fingerprint density at radius 1 is 0.640 bits per heavy atom. The van der Waals surface area contributed by atoms with Crippen LogP contribution in [-0.4, -0.2) is 35.1 Å². The third kappa shape index (κ3) is 7.93. The second-order valence-electron chi connectivity index (χ2n) is 13.1. The van der Waals surface area contributed by atoms with Gasteiger partial charge in [0.2, 0.25) is 6.23 Å². The molecule has 0 N–H and O–H groups in total. The highest BCUT2D eigenvalue weighted by molar-refractivity contribution is 5.92. The van der Waals surface area contributed by atoms with E-state index < -0.39 is 6.23 Å². The van der Waals surface area contributed by atoms with Crippen molar-refractivity contribution >= 4 is 17.2 Å². The lowest BCUT2D eigenvalue weighted by Gasteiger charge is -2.26. The van der Waals surface area contributed by atoms with Crippen LogP contribution >= 0.6 is 0 Å². The predicted octanol–water partition coefficient (Wildman–Crippen LogP) is 9.60. The summed E-state index contributed by atoms with van der Waals surface area (Å²) in [4.78, 5) is 14.2. The van der Waals surface area contributed by atoms with Gasteiger partial charge in [0.15, 0.2) is 6.29 Å². The Kier molecular flexibility index (Phi) is 10.6. The molecule has 0 radical (unpaired) electrons. The predicted molar refractivity (Wildman–Crippen MR) is 200 cm³/mol. The number of fused-ring (bicyclic) bond motifs is 1. The van der Waals surface area contributed by atoms with Gasteiger partial charge in [0.25, 0.3) is 0 Å². The first-order valence-corrected chi connectivity index (χ1v) is 17.7. The van der Waals surface area contributed by atoms with Crippen molar-refractivity contribution in [3.05, 3.63) is 150 Å². The maximum absolute atomic E-state index is 12.0. The lowest BCUT2D eigenvalue weighted by molar-refractivity contribution is -0.121. The Labute approximate surface area is 294 Å². The number of nitrogens with zero attached hydrogens (tertiary/aromatic N) is 2. The average molecular weight is 665 g/mol. The largest absolute Gasteiger partial charge is 0.489 e. The molecule has 7 rings (SSSR count). The topological polar surface area (TPSA) is 52.9 Å². The molecule has 254 valence electrons. The molecule has 0 saturated carbocycles. The van der Waals surface area contributed by atoms with Gasteiger partial charge < -0.3 is 18.8 Å². The zero-order chi connectivity index (χ0) is 34.1. The molecule has 1 aromatic heterocycles. The standard InChI is InChI=1S/C44H44N2O4/c1-33-41-28-40(49-32-36-14-8-5-9-15-36)24-25-42(41)46(44(33)37-18-22-38(23-19-37)48-31-35-12-6-4-7-13-35)29-34-16-20-39(21-17-34)50-43(30-47)45-26-10-2-3-11-27-45/h4-9,12-25,28,30,43H,2-3,10-11,26-27,29,31-32H2,1H3. The summed E-state index contributed by atoms with van der Waals surface area (Å²) in [5.41, 5.74) is 8.00.